The molecule has 0 spiro atoms. The Kier molecular flexibility index (Phi) is 5.55. The molecule has 2 aromatic rings. The molecule has 1 aliphatic heterocycles. The van der Waals surface area contributed by atoms with Crippen LogP contribution in [-0.4, -0.2) is 34.6 Å². The molecular formula is C18H18N2O4S. The van der Waals surface area contributed by atoms with E-state index < -0.39 is 4.92 Å². The Bertz CT molecular complexity index is 756. The van der Waals surface area contributed by atoms with Crippen molar-refractivity contribution in [3.8, 4) is 0 Å². The number of amides is 1. The molecule has 0 N–H and O–H groups in total. The predicted molar refractivity (Wildman–Crippen MR) is 97.2 cm³/mol. The van der Waals surface area contributed by atoms with Gasteiger partial charge < -0.3 is 9.32 Å². The van der Waals surface area contributed by atoms with E-state index in [0.29, 0.717) is 13.1 Å². The van der Waals surface area contributed by atoms with Gasteiger partial charge in [0.2, 0.25) is 5.91 Å². The molecule has 3 rings (SSSR count). The summed E-state index contributed by atoms with van der Waals surface area (Å²) in [5, 5.41) is 10.9. The summed E-state index contributed by atoms with van der Waals surface area (Å²) in [4.78, 5) is 24.4. The number of carbonyl (C=O) groups is 1. The maximum atomic E-state index is 12.4. The van der Waals surface area contributed by atoms with E-state index in [9.17, 15) is 14.9 Å². The highest BCUT2D eigenvalue weighted by molar-refractivity contribution is 7.99. The quantitative estimate of drug-likeness (QED) is 0.470. The Hall–Kier alpha value is -2.54. The van der Waals surface area contributed by atoms with Gasteiger partial charge in [0.1, 0.15) is 5.76 Å². The average molecular weight is 358 g/mol. The van der Waals surface area contributed by atoms with Crippen molar-refractivity contribution in [1.29, 1.82) is 0 Å². The summed E-state index contributed by atoms with van der Waals surface area (Å²) in [6.45, 7) is 1.38. The summed E-state index contributed by atoms with van der Waals surface area (Å²) < 4.78 is 5.47. The first-order valence-electron chi connectivity index (χ1n) is 8.00. The van der Waals surface area contributed by atoms with Crippen molar-refractivity contribution in [2.24, 2.45) is 0 Å². The number of hydrogen-bond acceptors (Lipinski definition) is 5. The molecule has 1 unspecified atom stereocenters. The summed E-state index contributed by atoms with van der Waals surface area (Å²) in [5.41, 5.74) is 0.800. The molecule has 0 aliphatic carbocycles. The highest BCUT2D eigenvalue weighted by Crippen LogP contribution is 2.34. The SMILES string of the molecule is O=C(/C=C/c1ccc([N+](=O)[O-])cc1)N1CCSC(c2ccco2)CC1. The first-order chi connectivity index (χ1) is 12.1. The maximum Gasteiger partial charge on any atom is 0.269 e. The lowest BCUT2D eigenvalue weighted by Gasteiger charge is -2.18. The summed E-state index contributed by atoms with van der Waals surface area (Å²) >= 11 is 1.81. The van der Waals surface area contributed by atoms with E-state index in [2.05, 4.69) is 0 Å². The van der Waals surface area contributed by atoms with Gasteiger partial charge in [-0.15, -0.1) is 11.8 Å². The van der Waals surface area contributed by atoms with E-state index in [1.54, 1.807) is 36.2 Å². The first-order valence-corrected chi connectivity index (χ1v) is 9.05. The van der Waals surface area contributed by atoms with Crippen molar-refractivity contribution in [2.45, 2.75) is 11.7 Å². The second-order valence-electron chi connectivity index (χ2n) is 5.67. The van der Waals surface area contributed by atoms with Gasteiger partial charge in [-0.2, -0.15) is 0 Å². The molecule has 1 aromatic heterocycles. The molecule has 2 heterocycles. The monoisotopic (exact) mass is 358 g/mol. The van der Waals surface area contributed by atoms with Crippen LogP contribution in [0.15, 0.2) is 53.2 Å². The molecule has 7 heteroatoms. The number of nitrogens with zero attached hydrogens (tertiary/aromatic N) is 2. The lowest BCUT2D eigenvalue weighted by molar-refractivity contribution is -0.384. The van der Waals surface area contributed by atoms with E-state index in [4.69, 9.17) is 4.42 Å². The Balaban J connectivity index is 1.58. The fourth-order valence-corrected chi connectivity index (χ4v) is 3.85. The summed E-state index contributed by atoms with van der Waals surface area (Å²) in [6.07, 6.45) is 5.75. The van der Waals surface area contributed by atoms with Gasteiger partial charge in [0, 0.05) is 37.1 Å². The fourth-order valence-electron chi connectivity index (χ4n) is 2.67. The van der Waals surface area contributed by atoms with Crippen molar-refractivity contribution in [1.82, 2.24) is 4.90 Å². The number of carbonyl (C=O) groups excluding carboxylic acids is 1. The Morgan fingerprint density at radius 3 is 2.76 bits per heavy atom. The zero-order valence-corrected chi connectivity index (χ0v) is 14.4. The number of nitro groups is 1. The van der Waals surface area contributed by atoms with Crippen LogP contribution in [0.2, 0.25) is 0 Å². The number of thioether (sulfide) groups is 1. The van der Waals surface area contributed by atoms with E-state index in [1.807, 2.05) is 17.0 Å². The Labute approximate surface area is 149 Å². The molecule has 0 radical (unpaired) electrons. The number of benzene rings is 1. The zero-order valence-electron chi connectivity index (χ0n) is 13.5. The number of nitro benzene ring substituents is 1. The van der Waals surface area contributed by atoms with Crippen LogP contribution < -0.4 is 0 Å². The van der Waals surface area contributed by atoms with Crippen LogP contribution >= 0.6 is 11.8 Å². The predicted octanol–water partition coefficient (Wildman–Crippen LogP) is 3.91. The Morgan fingerprint density at radius 1 is 1.28 bits per heavy atom. The summed E-state index contributed by atoms with van der Waals surface area (Å²) in [7, 11) is 0. The second kappa shape index (κ2) is 8.02. The molecule has 1 fully saturated rings. The maximum absolute atomic E-state index is 12.4. The molecule has 6 nitrogen and oxygen atoms in total. The third-order valence-electron chi connectivity index (χ3n) is 4.04. The van der Waals surface area contributed by atoms with Crippen molar-refractivity contribution < 1.29 is 14.1 Å². The summed E-state index contributed by atoms with van der Waals surface area (Å²) in [5.74, 6) is 1.78. The van der Waals surface area contributed by atoms with Gasteiger partial charge >= 0.3 is 0 Å². The smallest absolute Gasteiger partial charge is 0.269 e. The molecule has 1 atom stereocenters. The van der Waals surface area contributed by atoms with Crippen LogP contribution in [0.3, 0.4) is 0 Å². The van der Waals surface area contributed by atoms with Gasteiger partial charge in [0.25, 0.3) is 5.69 Å². The van der Waals surface area contributed by atoms with Gasteiger partial charge in [-0.3, -0.25) is 14.9 Å². The van der Waals surface area contributed by atoms with E-state index >= 15 is 0 Å². The van der Waals surface area contributed by atoms with Gasteiger partial charge in [-0.25, -0.2) is 0 Å². The molecule has 1 aromatic carbocycles. The minimum absolute atomic E-state index is 0.0389. The molecule has 1 aliphatic rings. The Morgan fingerprint density at radius 2 is 2.08 bits per heavy atom. The highest BCUT2D eigenvalue weighted by atomic mass is 32.2. The minimum atomic E-state index is -0.441. The molecule has 1 amide bonds. The fraction of sp³-hybridized carbons (Fsp3) is 0.278. The van der Waals surface area contributed by atoms with Crippen molar-refractivity contribution in [3.63, 3.8) is 0 Å². The molecule has 1 saturated heterocycles. The van der Waals surface area contributed by atoms with Crippen LogP contribution in [0.4, 0.5) is 5.69 Å². The highest BCUT2D eigenvalue weighted by Gasteiger charge is 2.22. The van der Waals surface area contributed by atoms with E-state index in [1.165, 1.54) is 18.2 Å². The third-order valence-corrected chi connectivity index (χ3v) is 5.32. The van der Waals surface area contributed by atoms with Crippen molar-refractivity contribution >= 4 is 29.4 Å². The number of furan rings is 1. The van der Waals surface area contributed by atoms with Gasteiger partial charge in [-0.1, -0.05) is 0 Å². The van der Waals surface area contributed by atoms with Gasteiger partial charge in [0.15, 0.2) is 0 Å². The van der Waals surface area contributed by atoms with Gasteiger partial charge in [-0.05, 0) is 42.3 Å². The van der Waals surface area contributed by atoms with Crippen LogP contribution in [0.25, 0.3) is 6.08 Å². The standard InChI is InChI=1S/C18H18N2O4S/c21-18(8-5-14-3-6-15(7-4-14)20(22)23)19-10-9-17(25-13-11-19)16-2-1-12-24-16/h1-8,12,17H,9-11,13H2/b8-5+. The molecule has 25 heavy (non-hydrogen) atoms. The lowest BCUT2D eigenvalue weighted by Crippen LogP contribution is -2.31. The van der Waals surface area contributed by atoms with Crippen molar-refractivity contribution in [3.05, 3.63) is 70.2 Å². The number of rotatable bonds is 4. The van der Waals surface area contributed by atoms with E-state index in [0.717, 1.165) is 23.5 Å². The van der Waals surface area contributed by atoms with Gasteiger partial charge in [0.05, 0.1) is 16.4 Å². The third kappa shape index (κ3) is 4.51. The lowest BCUT2D eigenvalue weighted by atomic mass is 10.2. The van der Waals surface area contributed by atoms with Crippen LogP contribution in [-0.2, 0) is 4.79 Å². The second-order valence-corrected chi connectivity index (χ2v) is 6.98. The minimum Gasteiger partial charge on any atom is -0.468 e. The van der Waals surface area contributed by atoms with Crippen LogP contribution in [0.5, 0.6) is 0 Å². The molecule has 130 valence electrons. The van der Waals surface area contributed by atoms with E-state index in [-0.39, 0.29) is 16.8 Å². The molecule has 0 saturated carbocycles. The first kappa shape index (κ1) is 17.3. The topological polar surface area (TPSA) is 76.6 Å². The molecule has 0 bridgehead atoms. The normalized spacial score (nSPS) is 18.2. The van der Waals surface area contributed by atoms with Crippen molar-refractivity contribution in [2.75, 3.05) is 18.8 Å². The number of non-ortho nitro benzene ring substituents is 1. The molecular weight excluding hydrogens is 340 g/mol. The largest absolute Gasteiger partial charge is 0.468 e. The van der Waals surface area contributed by atoms with Crippen LogP contribution in [0, 0.1) is 10.1 Å². The number of hydrogen-bond donors (Lipinski definition) is 0. The summed E-state index contributed by atoms with van der Waals surface area (Å²) in [6, 6.07) is 9.99. The van der Waals surface area contributed by atoms with Crippen LogP contribution in [0.1, 0.15) is 23.0 Å². The zero-order chi connectivity index (χ0) is 17.6. The average Bonchev–Trinajstić information content (AvgIpc) is 3.04.